The van der Waals surface area contributed by atoms with Crippen LogP contribution in [0.25, 0.3) is 0 Å². The van der Waals surface area contributed by atoms with Crippen LogP contribution in [0.1, 0.15) is 19.4 Å². The molecular weight excluding hydrogens is 276 g/mol. The monoisotopic (exact) mass is 298 g/mol. The average molecular weight is 298 g/mol. The molecule has 0 spiro atoms. The van der Waals surface area contributed by atoms with Crippen molar-refractivity contribution < 1.29 is 9.47 Å². The SMILES string of the molecule is COc1ccc(N/N=C/c2ccc(OCC(C)C)cc2)cc1. The third-order valence-corrected chi connectivity index (χ3v) is 2.96. The number of methoxy groups -OCH3 is 1. The Morgan fingerprint density at radius 2 is 1.64 bits per heavy atom. The molecule has 2 aromatic rings. The summed E-state index contributed by atoms with van der Waals surface area (Å²) in [5, 5.41) is 4.21. The summed E-state index contributed by atoms with van der Waals surface area (Å²) >= 11 is 0. The number of nitrogens with zero attached hydrogens (tertiary/aromatic N) is 1. The molecule has 0 amide bonds. The fourth-order valence-electron chi connectivity index (χ4n) is 1.76. The Morgan fingerprint density at radius 1 is 1.00 bits per heavy atom. The van der Waals surface area contributed by atoms with Crippen molar-refractivity contribution in [2.45, 2.75) is 13.8 Å². The highest BCUT2D eigenvalue weighted by atomic mass is 16.5. The van der Waals surface area contributed by atoms with Crippen LogP contribution in [0.15, 0.2) is 53.6 Å². The van der Waals surface area contributed by atoms with E-state index in [0.29, 0.717) is 5.92 Å². The van der Waals surface area contributed by atoms with E-state index >= 15 is 0 Å². The van der Waals surface area contributed by atoms with Gasteiger partial charge < -0.3 is 9.47 Å². The molecule has 0 atom stereocenters. The average Bonchev–Trinajstić information content (AvgIpc) is 2.55. The van der Waals surface area contributed by atoms with Crippen LogP contribution in [0.3, 0.4) is 0 Å². The van der Waals surface area contributed by atoms with E-state index in [9.17, 15) is 0 Å². The van der Waals surface area contributed by atoms with E-state index in [4.69, 9.17) is 9.47 Å². The van der Waals surface area contributed by atoms with Crippen LogP contribution in [0.2, 0.25) is 0 Å². The zero-order valence-corrected chi connectivity index (χ0v) is 13.2. The normalized spacial score (nSPS) is 10.9. The maximum Gasteiger partial charge on any atom is 0.119 e. The lowest BCUT2D eigenvalue weighted by Crippen LogP contribution is -2.04. The van der Waals surface area contributed by atoms with E-state index in [1.54, 1.807) is 13.3 Å². The highest BCUT2D eigenvalue weighted by molar-refractivity contribution is 5.80. The van der Waals surface area contributed by atoms with Crippen LogP contribution in [0.5, 0.6) is 11.5 Å². The molecule has 0 saturated carbocycles. The van der Waals surface area contributed by atoms with E-state index in [1.807, 2.05) is 48.5 Å². The van der Waals surface area contributed by atoms with Gasteiger partial charge in [0.05, 0.1) is 25.6 Å². The van der Waals surface area contributed by atoms with E-state index in [2.05, 4.69) is 24.4 Å². The summed E-state index contributed by atoms with van der Waals surface area (Å²) < 4.78 is 10.8. The Bertz CT molecular complexity index is 589. The Kier molecular flexibility index (Phi) is 5.83. The highest BCUT2D eigenvalue weighted by Crippen LogP contribution is 2.15. The molecule has 4 heteroatoms. The molecule has 0 bridgehead atoms. The van der Waals surface area contributed by atoms with Gasteiger partial charge in [0.2, 0.25) is 0 Å². The van der Waals surface area contributed by atoms with Crippen molar-refractivity contribution in [2.24, 2.45) is 11.0 Å². The molecule has 0 fully saturated rings. The van der Waals surface area contributed by atoms with Gasteiger partial charge in [0.25, 0.3) is 0 Å². The lowest BCUT2D eigenvalue weighted by molar-refractivity contribution is 0.271. The number of hydrogen-bond donors (Lipinski definition) is 1. The second-order valence-corrected chi connectivity index (χ2v) is 5.37. The summed E-state index contributed by atoms with van der Waals surface area (Å²) in [4.78, 5) is 0. The lowest BCUT2D eigenvalue weighted by Gasteiger charge is -2.08. The standard InChI is InChI=1S/C18H22N2O2/c1-14(2)13-22-18-8-4-15(5-9-18)12-19-20-16-6-10-17(21-3)11-7-16/h4-12,14,20H,13H2,1-3H3/b19-12+. The fourth-order valence-corrected chi connectivity index (χ4v) is 1.76. The van der Waals surface area contributed by atoms with Gasteiger partial charge in [0.15, 0.2) is 0 Å². The summed E-state index contributed by atoms with van der Waals surface area (Å²) in [6, 6.07) is 15.5. The number of ether oxygens (including phenoxy) is 2. The van der Waals surface area contributed by atoms with Gasteiger partial charge in [-0.3, -0.25) is 5.43 Å². The number of anilines is 1. The van der Waals surface area contributed by atoms with Crippen molar-refractivity contribution in [1.82, 2.24) is 0 Å². The third kappa shape index (κ3) is 5.13. The minimum absolute atomic E-state index is 0.523. The molecule has 0 aliphatic carbocycles. The summed E-state index contributed by atoms with van der Waals surface area (Å²) in [6.07, 6.45) is 1.77. The molecule has 0 saturated heterocycles. The summed E-state index contributed by atoms with van der Waals surface area (Å²) in [5.41, 5.74) is 4.90. The number of benzene rings is 2. The van der Waals surface area contributed by atoms with E-state index < -0.39 is 0 Å². The zero-order chi connectivity index (χ0) is 15.8. The second kappa shape index (κ2) is 8.08. The van der Waals surface area contributed by atoms with Crippen LogP contribution in [0, 0.1) is 5.92 Å². The first kappa shape index (κ1) is 15.9. The van der Waals surface area contributed by atoms with Gasteiger partial charge in [-0.05, 0) is 60.0 Å². The topological polar surface area (TPSA) is 42.8 Å². The lowest BCUT2D eigenvalue weighted by atomic mass is 10.2. The molecule has 2 aromatic carbocycles. The Morgan fingerprint density at radius 3 is 2.23 bits per heavy atom. The maximum atomic E-state index is 5.65. The van der Waals surface area contributed by atoms with Gasteiger partial charge in [-0.2, -0.15) is 5.10 Å². The maximum absolute atomic E-state index is 5.65. The molecule has 0 radical (unpaired) electrons. The Labute approximate surface area is 131 Å². The van der Waals surface area contributed by atoms with Gasteiger partial charge in [-0.25, -0.2) is 0 Å². The molecular formula is C18H22N2O2. The second-order valence-electron chi connectivity index (χ2n) is 5.37. The van der Waals surface area contributed by atoms with Crippen molar-refractivity contribution in [3.8, 4) is 11.5 Å². The molecule has 0 unspecified atom stereocenters. The molecule has 22 heavy (non-hydrogen) atoms. The minimum Gasteiger partial charge on any atom is -0.497 e. The van der Waals surface area contributed by atoms with Crippen LogP contribution in [-0.4, -0.2) is 19.9 Å². The third-order valence-electron chi connectivity index (χ3n) is 2.96. The molecule has 0 aromatic heterocycles. The van der Waals surface area contributed by atoms with Gasteiger partial charge in [-0.1, -0.05) is 13.8 Å². The van der Waals surface area contributed by atoms with Crippen LogP contribution in [0.4, 0.5) is 5.69 Å². The zero-order valence-electron chi connectivity index (χ0n) is 13.2. The summed E-state index contributed by atoms with van der Waals surface area (Å²) in [7, 11) is 1.65. The van der Waals surface area contributed by atoms with E-state index in [1.165, 1.54) is 0 Å². The summed E-state index contributed by atoms with van der Waals surface area (Å²) in [5.74, 6) is 2.23. The minimum atomic E-state index is 0.523. The number of nitrogens with one attached hydrogen (secondary N) is 1. The van der Waals surface area contributed by atoms with Crippen molar-refractivity contribution in [1.29, 1.82) is 0 Å². The molecule has 116 valence electrons. The number of hydrazone groups is 1. The van der Waals surface area contributed by atoms with Gasteiger partial charge in [-0.15, -0.1) is 0 Å². The Hall–Kier alpha value is -2.49. The molecule has 0 aliphatic heterocycles. The molecule has 4 nitrogen and oxygen atoms in total. The Balaban J connectivity index is 1.86. The number of rotatable bonds is 7. The highest BCUT2D eigenvalue weighted by Gasteiger charge is 1.97. The van der Waals surface area contributed by atoms with Crippen molar-refractivity contribution >= 4 is 11.9 Å². The first-order chi connectivity index (χ1) is 10.7. The van der Waals surface area contributed by atoms with Crippen LogP contribution in [-0.2, 0) is 0 Å². The first-order valence-corrected chi connectivity index (χ1v) is 7.33. The van der Waals surface area contributed by atoms with Gasteiger partial charge in [0, 0.05) is 0 Å². The number of hydrogen-bond acceptors (Lipinski definition) is 4. The van der Waals surface area contributed by atoms with Crippen molar-refractivity contribution in [2.75, 3.05) is 19.1 Å². The van der Waals surface area contributed by atoms with Crippen molar-refractivity contribution in [3.63, 3.8) is 0 Å². The summed E-state index contributed by atoms with van der Waals surface area (Å²) in [6.45, 7) is 4.99. The fraction of sp³-hybridized carbons (Fsp3) is 0.278. The predicted octanol–water partition coefficient (Wildman–Crippen LogP) is 4.18. The van der Waals surface area contributed by atoms with Gasteiger partial charge in [0.1, 0.15) is 11.5 Å². The van der Waals surface area contributed by atoms with Crippen LogP contribution >= 0.6 is 0 Å². The first-order valence-electron chi connectivity index (χ1n) is 7.33. The van der Waals surface area contributed by atoms with Crippen molar-refractivity contribution in [3.05, 3.63) is 54.1 Å². The van der Waals surface area contributed by atoms with Gasteiger partial charge >= 0.3 is 0 Å². The van der Waals surface area contributed by atoms with E-state index in [0.717, 1.165) is 29.4 Å². The molecule has 1 N–H and O–H groups in total. The molecule has 0 heterocycles. The quantitative estimate of drug-likeness (QED) is 0.616. The smallest absolute Gasteiger partial charge is 0.119 e. The largest absolute Gasteiger partial charge is 0.497 e. The molecule has 2 rings (SSSR count). The van der Waals surface area contributed by atoms with E-state index in [-0.39, 0.29) is 0 Å². The molecule has 0 aliphatic rings. The predicted molar refractivity (Wildman–Crippen MR) is 91.0 cm³/mol. The van der Waals surface area contributed by atoms with Crippen LogP contribution < -0.4 is 14.9 Å².